The van der Waals surface area contributed by atoms with E-state index in [1.54, 1.807) is 0 Å². The first-order valence-electron chi connectivity index (χ1n) is 35.7. The van der Waals surface area contributed by atoms with Gasteiger partial charge in [0.25, 0.3) is 0 Å². The zero-order valence-corrected chi connectivity index (χ0v) is 73.8. The van der Waals surface area contributed by atoms with E-state index < -0.39 is 80.3 Å². The fourth-order valence-electron chi connectivity index (χ4n) is 17.8. The van der Waals surface area contributed by atoms with Crippen molar-refractivity contribution in [3.63, 3.8) is 0 Å². The maximum absolute atomic E-state index is 6.15. The average Bonchev–Trinajstić information content (AvgIpc) is 0.621. The molecule has 488 valence electrons. The van der Waals surface area contributed by atoms with Gasteiger partial charge in [0.05, 0.1) is 0 Å². The van der Waals surface area contributed by atoms with Gasteiger partial charge >= 0.3 is 608 Å². The molecular weight excluding hydrogens is 1950 g/mol. The summed E-state index contributed by atoms with van der Waals surface area (Å²) in [5, 5.41) is 0. The van der Waals surface area contributed by atoms with Gasteiger partial charge in [-0.3, -0.25) is 0 Å². The van der Waals surface area contributed by atoms with Crippen molar-refractivity contribution < 1.29 is 0 Å². The molecule has 0 aliphatic rings. The van der Waals surface area contributed by atoms with Crippen LogP contribution in [0.1, 0.15) is 55.4 Å². The first kappa shape index (κ1) is 70.4. The fraction of sp³-hybridized carbons (Fsp3) is 0.191. The summed E-state index contributed by atoms with van der Waals surface area (Å²) in [6, 6.07) is 143. The van der Waals surface area contributed by atoms with Crippen LogP contribution in [0.15, 0.2) is 340 Å². The van der Waals surface area contributed by atoms with E-state index in [9.17, 15) is 0 Å². The molecule has 0 spiro atoms. The van der Waals surface area contributed by atoms with Crippen LogP contribution in [0, 0.1) is 0 Å². The van der Waals surface area contributed by atoms with Crippen molar-refractivity contribution in [2.45, 2.75) is 51.0 Å². The molecule has 12 aromatic rings. The van der Waals surface area contributed by atoms with Crippen LogP contribution < -0.4 is 57.1 Å². The Morgan fingerprint density at radius 2 is 0.278 bits per heavy atom. The van der Waals surface area contributed by atoms with Gasteiger partial charge < -0.3 is 0 Å². The van der Waals surface area contributed by atoms with E-state index in [0.29, 0.717) is 0 Å². The molecule has 0 bridgehead atoms. The molecule has 0 heterocycles. The van der Waals surface area contributed by atoms with Crippen LogP contribution in [0.2, 0.25) is -4.35 Å². The fourth-order valence-corrected chi connectivity index (χ4v) is 391. The molecule has 0 unspecified atom stereocenters. The molecular formula is C89H96N4Pb4. The van der Waals surface area contributed by atoms with Gasteiger partial charge in [0.2, 0.25) is 0 Å². The van der Waals surface area contributed by atoms with Crippen molar-refractivity contribution in [3.05, 3.63) is 340 Å². The predicted octanol–water partition coefficient (Wildman–Crippen LogP) is 12.4. The molecule has 12 rings (SSSR count). The van der Waals surface area contributed by atoms with Crippen molar-refractivity contribution in [1.29, 1.82) is 0 Å². The summed E-state index contributed by atoms with van der Waals surface area (Å²) in [5.41, 5.74) is 5.05. The van der Waals surface area contributed by atoms with Crippen LogP contribution in [0.25, 0.3) is 0 Å². The van der Waals surface area contributed by atoms with Crippen molar-refractivity contribution in [2.24, 2.45) is 0 Å². The monoisotopic (exact) mass is 2050 g/mol. The zero-order valence-electron chi connectivity index (χ0n) is 58.3. The summed E-state index contributed by atoms with van der Waals surface area (Å²) in [6.45, 7) is 25.8. The van der Waals surface area contributed by atoms with E-state index in [4.69, 9.17) is 0 Å². The van der Waals surface area contributed by atoms with Gasteiger partial charge in [-0.25, -0.2) is 0 Å². The van der Waals surface area contributed by atoms with Crippen molar-refractivity contribution in [3.8, 4) is 0 Å². The molecule has 4 nitrogen and oxygen atoms in total. The van der Waals surface area contributed by atoms with E-state index in [1.807, 2.05) is 0 Å². The average molecular weight is 2050 g/mol. The summed E-state index contributed by atoms with van der Waals surface area (Å²) < 4.78 is 17.7. The number of anilines is 4. The second-order valence-corrected chi connectivity index (χ2v) is 133. The molecule has 12 aromatic carbocycles. The molecule has 0 amide bonds. The van der Waals surface area contributed by atoms with Gasteiger partial charge in [0.1, 0.15) is 0 Å². The Bertz CT molecular complexity index is 3610. The van der Waals surface area contributed by atoms with Crippen molar-refractivity contribution in [1.82, 2.24) is 0 Å². The van der Waals surface area contributed by atoms with Crippen LogP contribution in [0.4, 0.5) is 22.7 Å². The molecule has 0 aliphatic heterocycles. The molecule has 0 aromatic heterocycles. The predicted molar refractivity (Wildman–Crippen MR) is 433 cm³/mol. The van der Waals surface area contributed by atoms with E-state index >= 15 is 0 Å². The summed E-state index contributed by atoms with van der Waals surface area (Å²) in [6.07, 6.45) is 0. The quantitative estimate of drug-likeness (QED) is 0.0453. The van der Waals surface area contributed by atoms with Gasteiger partial charge in [-0.05, 0) is 0 Å². The van der Waals surface area contributed by atoms with Crippen LogP contribution >= 0.6 is 0 Å². The molecule has 8 heteroatoms. The van der Waals surface area contributed by atoms with Gasteiger partial charge in [-0.1, -0.05) is 0 Å². The molecule has 0 fully saturated rings. The van der Waals surface area contributed by atoms with Gasteiger partial charge in [-0.15, -0.1) is 0 Å². The van der Waals surface area contributed by atoms with E-state index in [0.717, 1.165) is 52.4 Å². The van der Waals surface area contributed by atoms with Crippen LogP contribution in [0.5, 0.6) is 0 Å². The van der Waals surface area contributed by atoms with Crippen molar-refractivity contribution in [2.75, 3.05) is 72.0 Å². The van der Waals surface area contributed by atoms with Crippen LogP contribution in [-0.4, -0.2) is 137 Å². The second-order valence-electron chi connectivity index (χ2n) is 25.6. The first-order valence-corrected chi connectivity index (χ1v) is 66.8. The zero-order chi connectivity index (χ0) is 67.3. The second kappa shape index (κ2) is 32.2. The SMILES string of the molecule is CCN(CC)c1cc[c]([Pb]([c]2ccccc2)([c]2ccccc2)[C]([Pb]([c]2ccccc2)([c]2ccccc2)[c]2ccc(N(CC)CC)cc2)([Pb]([c]2ccccc2)([c]2ccccc2)[c]2ccc(N(CC)CC)cc2)[Pb]([c]2ccccc2)([c]2ccccc2)[c]2ccc(N(CC)CC)cc2)cc1. The topological polar surface area (TPSA) is 13.0 Å². The number of nitrogens with zero attached hydrogens (tertiary/aromatic N) is 4. The first-order chi connectivity index (χ1) is 47.8. The summed E-state index contributed by atoms with van der Waals surface area (Å²) in [5.74, 6) is 0. The van der Waals surface area contributed by atoms with Gasteiger partial charge in [0.15, 0.2) is 0 Å². The summed E-state index contributed by atoms with van der Waals surface area (Å²) in [4.78, 5) is 10.2. The Balaban J connectivity index is 1.61. The Kier molecular flexibility index (Phi) is 23.4. The minimum atomic E-state index is -6.15. The third-order valence-electron chi connectivity index (χ3n) is 21.6. The Morgan fingerprint density at radius 3 is 0.392 bits per heavy atom. The van der Waals surface area contributed by atoms with Gasteiger partial charge in [-0.2, -0.15) is 0 Å². The Morgan fingerprint density at radius 1 is 0.165 bits per heavy atom. The standard InChI is InChI=1S/4C10H14N.8C6H5.C.4Pb/c4*1-3-11(4-2)10-8-6-5-7-9-10;8*1-2-4-6-5-3-1;;;;;/h4*6-9H,3-4H2,1-2H3;8*1-5H;;;;;. The molecule has 0 saturated carbocycles. The van der Waals surface area contributed by atoms with E-state index in [1.165, 1.54) is 60.2 Å². The summed E-state index contributed by atoms with van der Waals surface area (Å²) >= 11 is -24.6. The molecule has 0 N–H and O–H groups in total. The third kappa shape index (κ3) is 12.2. The third-order valence-corrected chi connectivity index (χ3v) is 249. The van der Waals surface area contributed by atoms with Crippen LogP contribution in [-0.2, 0) is 0 Å². The van der Waals surface area contributed by atoms with E-state index in [-0.39, 0.29) is 0 Å². The Hall–Kier alpha value is -6.47. The number of rotatable bonds is 28. The molecule has 0 radical (unpaired) electrons. The number of hydrogen-bond donors (Lipinski definition) is 0. The minimum absolute atomic E-state index is 0.641. The van der Waals surface area contributed by atoms with Gasteiger partial charge in [0, 0.05) is 0 Å². The van der Waals surface area contributed by atoms with Crippen molar-refractivity contribution >= 4 is 145 Å². The maximum atomic E-state index is 2.75. The molecule has 0 saturated heterocycles. The van der Waals surface area contributed by atoms with Crippen LogP contribution in [0.3, 0.4) is 0 Å². The molecule has 0 aliphatic carbocycles. The summed E-state index contributed by atoms with van der Waals surface area (Å²) in [7, 11) is 0. The Labute approximate surface area is 600 Å². The normalized spacial score (nSPS) is 12.0. The van der Waals surface area contributed by atoms with E-state index in [2.05, 4.69) is 415 Å². The molecule has 97 heavy (non-hydrogen) atoms. The number of hydrogen-bond acceptors (Lipinski definition) is 4. The molecule has 0 atom stereocenters. The number of benzene rings is 12.